The van der Waals surface area contributed by atoms with E-state index in [1.165, 1.54) is 12.3 Å². The number of sulfone groups is 1. The molecule has 8 nitrogen and oxygen atoms in total. The van der Waals surface area contributed by atoms with Crippen molar-refractivity contribution in [3.63, 3.8) is 0 Å². The Morgan fingerprint density at radius 3 is 2.46 bits per heavy atom. The molecule has 0 saturated heterocycles. The molecule has 0 saturated carbocycles. The van der Waals surface area contributed by atoms with Crippen LogP contribution in [0.4, 0.5) is 8.78 Å². The van der Waals surface area contributed by atoms with Crippen molar-refractivity contribution in [1.29, 1.82) is 0 Å². The number of furan rings is 1. The predicted molar refractivity (Wildman–Crippen MR) is 140 cm³/mol. The van der Waals surface area contributed by atoms with Gasteiger partial charge in [-0.25, -0.2) is 17.2 Å². The van der Waals surface area contributed by atoms with Crippen molar-refractivity contribution in [2.24, 2.45) is 0 Å². The van der Waals surface area contributed by atoms with E-state index in [-0.39, 0.29) is 35.4 Å². The number of fused-ring (bicyclic) bond motifs is 1. The highest BCUT2D eigenvalue weighted by molar-refractivity contribution is 7.90. The van der Waals surface area contributed by atoms with Crippen LogP contribution in [0.25, 0.3) is 22.1 Å². The quantitative estimate of drug-likeness (QED) is 0.297. The molecular formula is C28H25F2NO7S. The van der Waals surface area contributed by atoms with Gasteiger partial charge < -0.3 is 19.2 Å². The third-order valence-electron chi connectivity index (χ3n) is 6.01. The number of halogens is 2. The Kier molecular flexibility index (Phi) is 8.01. The maximum Gasteiger partial charge on any atom is 0.323 e. The summed E-state index contributed by atoms with van der Waals surface area (Å²) in [4.78, 5) is 25.1. The minimum absolute atomic E-state index is 0.0789. The Hall–Kier alpha value is -4.25. The summed E-state index contributed by atoms with van der Waals surface area (Å²) in [6.45, 7) is 0.828. The SMILES string of the molecule is Cc1coc2c(-c3ccc(OCc4cccc(C(=O)N(CCS(C)(=O)=O)CC(=O)O)c4)cc3)cc(F)c(F)c12. The second kappa shape index (κ2) is 11.2. The van der Waals surface area contributed by atoms with Crippen LogP contribution in [0.1, 0.15) is 21.5 Å². The van der Waals surface area contributed by atoms with Gasteiger partial charge >= 0.3 is 5.97 Å². The lowest BCUT2D eigenvalue weighted by Crippen LogP contribution is -2.38. The number of carbonyl (C=O) groups excluding carboxylic acids is 1. The summed E-state index contributed by atoms with van der Waals surface area (Å²) in [7, 11) is -3.40. The molecule has 3 aromatic carbocycles. The number of nitrogens with zero attached hydrogens (tertiary/aromatic N) is 1. The first-order chi connectivity index (χ1) is 18.4. The molecule has 0 radical (unpaired) electrons. The second-order valence-corrected chi connectivity index (χ2v) is 11.4. The lowest BCUT2D eigenvalue weighted by Gasteiger charge is -2.20. The molecule has 1 N–H and O–H groups in total. The van der Waals surface area contributed by atoms with Gasteiger partial charge in [0.2, 0.25) is 0 Å². The van der Waals surface area contributed by atoms with E-state index in [2.05, 4.69) is 0 Å². The fraction of sp³-hybridized carbons (Fsp3) is 0.214. The number of amides is 1. The smallest absolute Gasteiger partial charge is 0.323 e. The largest absolute Gasteiger partial charge is 0.489 e. The molecule has 1 aromatic heterocycles. The summed E-state index contributed by atoms with van der Waals surface area (Å²) in [5.41, 5.74) is 2.55. The Bertz CT molecular complexity index is 1650. The summed E-state index contributed by atoms with van der Waals surface area (Å²) in [6, 6.07) is 14.2. The van der Waals surface area contributed by atoms with Crippen molar-refractivity contribution in [3.05, 3.63) is 89.2 Å². The fourth-order valence-corrected chi connectivity index (χ4v) is 4.62. The van der Waals surface area contributed by atoms with Gasteiger partial charge in [0, 0.05) is 23.9 Å². The van der Waals surface area contributed by atoms with Crippen LogP contribution in [-0.4, -0.2) is 55.4 Å². The van der Waals surface area contributed by atoms with Gasteiger partial charge in [-0.2, -0.15) is 0 Å². The van der Waals surface area contributed by atoms with E-state index in [1.807, 2.05) is 0 Å². The molecule has 0 aliphatic rings. The van der Waals surface area contributed by atoms with Crippen molar-refractivity contribution >= 4 is 32.7 Å². The second-order valence-electron chi connectivity index (χ2n) is 9.11. The van der Waals surface area contributed by atoms with E-state index in [1.54, 1.807) is 49.4 Å². The monoisotopic (exact) mass is 557 g/mol. The molecule has 0 spiro atoms. The van der Waals surface area contributed by atoms with Crippen molar-refractivity contribution in [2.75, 3.05) is 25.1 Å². The molecule has 0 aliphatic carbocycles. The number of aliphatic carboxylic acids is 1. The molecule has 0 aliphatic heterocycles. The van der Waals surface area contributed by atoms with Gasteiger partial charge in [-0.3, -0.25) is 9.59 Å². The molecule has 0 bridgehead atoms. The average Bonchev–Trinajstić information content (AvgIpc) is 3.28. The minimum atomic E-state index is -3.40. The summed E-state index contributed by atoms with van der Waals surface area (Å²) in [5.74, 6) is -3.69. The maximum atomic E-state index is 14.2. The zero-order valence-electron chi connectivity index (χ0n) is 21.1. The predicted octanol–water partition coefficient (Wildman–Crippen LogP) is 4.84. The fourth-order valence-electron chi connectivity index (χ4n) is 4.07. The van der Waals surface area contributed by atoms with Gasteiger partial charge in [-0.15, -0.1) is 0 Å². The number of carboxylic acid groups (broad SMARTS) is 1. The third kappa shape index (κ3) is 6.61. The number of carboxylic acids is 1. The third-order valence-corrected chi connectivity index (χ3v) is 6.93. The van der Waals surface area contributed by atoms with Crippen molar-refractivity contribution in [1.82, 2.24) is 4.90 Å². The standard InChI is InChI=1S/C28H25F2NO7S/c1-17-15-38-27-22(13-23(29)26(30)25(17)27)19-6-8-21(9-7-19)37-16-18-4-3-5-20(12-18)28(34)31(14-24(32)33)10-11-39(2,35)36/h3-9,12-13,15H,10-11,14,16H2,1-2H3,(H,32,33). The van der Waals surface area contributed by atoms with Crippen LogP contribution in [0.5, 0.6) is 5.75 Å². The Morgan fingerprint density at radius 2 is 1.79 bits per heavy atom. The van der Waals surface area contributed by atoms with Gasteiger partial charge in [0.15, 0.2) is 11.6 Å². The number of hydrogen-bond donors (Lipinski definition) is 1. The zero-order valence-corrected chi connectivity index (χ0v) is 21.9. The molecule has 1 amide bonds. The molecule has 11 heteroatoms. The first-order valence-corrected chi connectivity index (χ1v) is 13.9. The maximum absolute atomic E-state index is 14.2. The van der Waals surface area contributed by atoms with Crippen molar-refractivity contribution in [3.8, 4) is 16.9 Å². The molecule has 4 aromatic rings. The normalized spacial score (nSPS) is 11.5. The molecule has 4 rings (SSSR count). The summed E-state index contributed by atoms with van der Waals surface area (Å²) < 4.78 is 62.8. The number of rotatable bonds is 10. The Morgan fingerprint density at radius 1 is 1.08 bits per heavy atom. The molecule has 0 atom stereocenters. The zero-order chi connectivity index (χ0) is 28.3. The van der Waals surface area contributed by atoms with Gasteiger partial charge in [-0.05, 0) is 53.9 Å². The van der Waals surface area contributed by atoms with Crippen LogP contribution < -0.4 is 4.74 Å². The molecule has 204 valence electrons. The first kappa shape index (κ1) is 27.8. The number of aryl methyl sites for hydroxylation is 1. The van der Waals surface area contributed by atoms with Crippen LogP contribution in [-0.2, 0) is 21.2 Å². The number of ether oxygens (including phenoxy) is 1. The van der Waals surface area contributed by atoms with Crippen molar-refractivity contribution in [2.45, 2.75) is 13.5 Å². The van der Waals surface area contributed by atoms with Crippen LogP contribution in [0.2, 0.25) is 0 Å². The van der Waals surface area contributed by atoms with E-state index in [0.717, 1.165) is 17.2 Å². The molecule has 0 unspecified atom stereocenters. The minimum Gasteiger partial charge on any atom is -0.489 e. The van der Waals surface area contributed by atoms with Crippen LogP contribution in [0, 0.1) is 18.6 Å². The van der Waals surface area contributed by atoms with E-state index < -0.39 is 39.9 Å². The summed E-state index contributed by atoms with van der Waals surface area (Å²) in [6.07, 6.45) is 2.39. The van der Waals surface area contributed by atoms with Crippen LogP contribution in [0.3, 0.4) is 0 Å². The lowest BCUT2D eigenvalue weighted by molar-refractivity contribution is -0.137. The lowest BCUT2D eigenvalue weighted by atomic mass is 10.0. The first-order valence-electron chi connectivity index (χ1n) is 11.8. The molecule has 1 heterocycles. The van der Waals surface area contributed by atoms with Crippen LogP contribution >= 0.6 is 0 Å². The van der Waals surface area contributed by atoms with Gasteiger partial charge in [-0.1, -0.05) is 24.3 Å². The number of carbonyl (C=O) groups is 2. The van der Waals surface area contributed by atoms with Crippen molar-refractivity contribution < 1.29 is 41.0 Å². The summed E-state index contributed by atoms with van der Waals surface area (Å²) in [5, 5.41) is 9.24. The van der Waals surface area contributed by atoms with E-state index >= 15 is 0 Å². The summed E-state index contributed by atoms with van der Waals surface area (Å²) >= 11 is 0. The van der Waals surface area contributed by atoms with Gasteiger partial charge in [0.25, 0.3) is 5.91 Å². The molecular weight excluding hydrogens is 532 g/mol. The molecule has 39 heavy (non-hydrogen) atoms. The topological polar surface area (TPSA) is 114 Å². The van der Waals surface area contributed by atoms with E-state index in [9.17, 15) is 26.8 Å². The van der Waals surface area contributed by atoms with Gasteiger partial charge in [0.05, 0.1) is 17.4 Å². The highest BCUT2D eigenvalue weighted by atomic mass is 32.2. The average molecular weight is 558 g/mol. The Balaban J connectivity index is 1.47. The number of hydrogen-bond acceptors (Lipinski definition) is 6. The molecule has 0 fully saturated rings. The van der Waals surface area contributed by atoms with Gasteiger partial charge in [0.1, 0.15) is 34.3 Å². The highest BCUT2D eigenvalue weighted by Crippen LogP contribution is 2.35. The van der Waals surface area contributed by atoms with E-state index in [0.29, 0.717) is 28.0 Å². The Labute approximate surface area is 223 Å². The van der Waals surface area contributed by atoms with E-state index in [4.69, 9.17) is 14.3 Å². The van der Waals surface area contributed by atoms with Crippen LogP contribution in [0.15, 0.2) is 65.3 Å². The highest BCUT2D eigenvalue weighted by Gasteiger charge is 2.21. The number of benzene rings is 3.